The summed E-state index contributed by atoms with van der Waals surface area (Å²) in [6, 6.07) is 7.59. The number of aliphatic hydroxyl groups is 1. The Labute approximate surface area is 97.3 Å². The van der Waals surface area contributed by atoms with Crippen LogP contribution in [0.5, 0.6) is 0 Å². The van der Waals surface area contributed by atoms with Gasteiger partial charge < -0.3 is 9.52 Å². The smallest absolute Gasteiger partial charge is 0.137 e. The van der Waals surface area contributed by atoms with Gasteiger partial charge in [0.1, 0.15) is 23.4 Å². The SMILES string of the molecule is CC(O)c1ccc(-c2ccc(Cl)cc2F)o1. The molecule has 0 fully saturated rings. The molecule has 16 heavy (non-hydrogen) atoms. The molecule has 0 saturated heterocycles. The van der Waals surface area contributed by atoms with Crippen LogP contribution in [0.4, 0.5) is 4.39 Å². The molecule has 0 aliphatic carbocycles. The molecule has 1 aromatic carbocycles. The lowest BCUT2D eigenvalue weighted by atomic mass is 10.1. The average Bonchev–Trinajstić information content (AvgIpc) is 2.66. The maximum atomic E-state index is 13.5. The standard InChI is InChI=1S/C12H10ClFO2/c1-7(15)11-4-5-12(16-11)9-3-2-8(13)6-10(9)14/h2-7,15H,1H3. The molecule has 2 rings (SSSR count). The summed E-state index contributed by atoms with van der Waals surface area (Å²) >= 11 is 5.65. The van der Waals surface area contributed by atoms with Crippen LogP contribution in [0.2, 0.25) is 5.02 Å². The van der Waals surface area contributed by atoms with Crippen molar-refractivity contribution in [3.63, 3.8) is 0 Å². The van der Waals surface area contributed by atoms with E-state index in [1.807, 2.05) is 0 Å². The first-order valence-corrected chi connectivity index (χ1v) is 5.19. The van der Waals surface area contributed by atoms with Crippen molar-refractivity contribution in [2.45, 2.75) is 13.0 Å². The molecule has 2 nitrogen and oxygen atoms in total. The van der Waals surface area contributed by atoms with E-state index in [1.54, 1.807) is 31.2 Å². The van der Waals surface area contributed by atoms with Crippen molar-refractivity contribution >= 4 is 11.6 Å². The molecule has 0 saturated carbocycles. The molecule has 1 atom stereocenters. The Morgan fingerprint density at radius 2 is 2.06 bits per heavy atom. The third-order valence-electron chi connectivity index (χ3n) is 2.24. The normalized spacial score (nSPS) is 12.8. The maximum Gasteiger partial charge on any atom is 0.137 e. The first-order valence-electron chi connectivity index (χ1n) is 4.81. The second-order valence-electron chi connectivity index (χ2n) is 3.50. The Morgan fingerprint density at radius 1 is 1.31 bits per heavy atom. The minimum atomic E-state index is -0.705. The highest BCUT2D eigenvalue weighted by Gasteiger charge is 2.12. The molecule has 84 valence electrons. The molecule has 1 N–H and O–H groups in total. The van der Waals surface area contributed by atoms with E-state index in [-0.39, 0.29) is 0 Å². The molecule has 0 spiro atoms. The van der Waals surface area contributed by atoms with E-state index >= 15 is 0 Å². The topological polar surface area (TPSA) is 33.4 Å². The third kappa shape index (κ3) is 2.10. The Balaban J connectivity index is 2.42. The van der Waals surface area contributed by atoms with Crippen LogP contribution < -0.4 is 0 Å². The highest BCUT2D eigenvalue weighted by molar-refractivity contribution is 6.30. The number of rotatable bonds is 2. The van der Waals surface area contributed by atoms with Crippen molar-refractivity contribution in [1.29, 1.82) is 0 Å². The van der Waals surface area contributed by atoms with Crippen LogP contribution in [-0.2, 0) is 0 Å². The van der Waals surface area contributed by atoms with E-state index in [1.165, 1.54) is 6.07 Å². The van der Waals surface area contributed by atoms with Crippen LogP contribution in [0.3, 0.4) is 0 Å². The molecule has 0 amide bonds. The number of furan rings is 1. The van der Waals surface area contributed by atoms with Crippen LogP contribution in [0.15, 0.2) is 34.7 Å². The fourth-order valence-corrected chi connectivity index (χ4v) is 1.57. The van der Waals surface area contributed by atoms with E-state index < -0.39 is 11.9 Å². The second-order valence-corrected chi connectivity index (χ2v) is 3.94. The number of aliphatic hydroxyl groups excluding tert-OH is 1. The summed E-state index contributed by atoms with van der Waals surface area (Å²) in [5, 5.41) is 9.63. The Bertz CT molecular complexity index is 505. The molecule has 1 unspecified atom stereocenters. The van der Waals surface area contributed by atoms with Crippen molar-refractivity contribution in [2.24, 2.45) is 0 Å². The minimum Gasteiger partial charge on any atom is -0.458 e. The molecule has 0 radical (unpaired) electrons. The zero-order chi connectivity index (χ0) is 11.7. The van der Waals surface area contributed by atoms with Crippen LogP contribution in [0.1, 0.15) is 18.8 Å². The second kappa shape index (κ2) is 4.28. The molecule has 0 aliphatic rings. The van der Waals surface area contributed by atoms with Gasteiger partial charge in [0, 0.05) is 5.02 Å². The maximum absolute atomic E-state index is 13.5. The zero-order valence-corrected chi connectivity index (χ0v) is 9.33. The van der Waals surface area contributed by atoms with Gasteiger partial charge in [-0.05, 0) is 37.3 Å². The number of benzene rings is 1. The first kappa shape index (κ1) is 11.2. The van der Waals surface area contributed by atoms with Crippen molar-refractivity contribution in [1.82, 2.24) is 0 Å². The third-order valence-corrected chi connectivity index (χ3v) is 2.47. The number of hydrogen-bond acceptors (Lipinski definition) is 2. The van der Waals surface area contributed by atoms with Crippen LogP contribution >= 0.6 is 11.6 Å². The fourth-order valence-electron chi connectivity index (χ4n) is 1.41. The van der Waals surface area contributed by atoms with Crippen LogP contribution in [0, 0.1) is 5.82 Å². The largest absolute Gasteiger partial charge is 0.458 e. The molecule has 0 bridgehead atoms. The predicted octanol–water partition coefficient (Wildman–Crippen LogP) is 3.79. The molecular formula is C12H10ClFO2. The molecular weight excluding hydrogens is 231 g/mol. The lowest BCUT2D eigenvalue weighted by molar-refractivity contribution is 0.170. The predicted molar refractivity (Wildman–Crippen MR) is 59.7 cm³/mol. The Kier molecular flexibility index (Phi) is 2.99. The minimum absolute atomic E-state index is 0.330. The fraction of sp³-hybridized carbons (Fsp3) is 0.167. The van der Waals surface area contributed by atoms with Crippen LogP contribution in [0.25, 0.3) is 11.3 Å². The van der Waals surface area contributed by atoms with Crippen molar-refractivity contribution in [2.75, 3.05) is 0 Å². The first-order chi connectivity index (χ1) is 7.58. The summed E-state index contributed by atoms with van der Waals surface area (Å²) in [5.74, 6) is 0.341. The summed E-state index contributed by atoms with van der Waals surface area (Å²) < 4.78 is 18.9. The van der Waals surface area contributed by atoms with E-state index in [4.69, 9.17) is 16.0 Å². The summed E-state index contributed by atoms with van der Waals surface area (Å²) in [4.78, 5) is 0. The van der Waals surface area contributed by atoms with E-state index in [2.05, 4.69) is 0 Å². The molecule has 1 aromatic heterocycles. The highest BCUT2D eigenvalue weighted by atomic mass is 35.5. The molecule has 0 aliphatic heterocycles. The Morgan fingerprint density at radius 3 is 2.62 bits per heavy atom. The summed E-state index contributed by atoms with van der Waals surface area (Å²) in [6.07, 6.45) is -0.705. The van der Waals surface area contributed by atoms with Crippen molar-refractivity contribution in [3.05, 3.63) is 46.9 Å². The number of halogens is 2. The van der Waals surface area contributed by atoms with E-state index in [9.17, 15) is 9.50 Å². The quantitative estimate of drug-likeness (QED) is 0.866. The molecule has 2 aromatic rings. The highest BCUT2D eigenvalue weighted by Crippen LogP contribution is 2.28. The lowest BCUT2D eigenvalue weighted by Gasteiger charge is -2.01. The summed E-state index contributed by atoms with van der Waals surface area (Å²) in [5.41, 5.74) is 0.330. The van der Waals surface area contributed by atoms with Gasteiger partial charge in [-0.1, -0.05) is 11.6 Å². The van der Waals surface area contributed by atoms with Gasteiger partial charge in [0.15, 0.2) is 0 Å². The summed E-state index contributed by atoms with van der Waals surface area (Å²) in [6.45, 7) is 1.58. The van der Waals surface area contributed by atoms with Gasteiger partial charge >= 0.3 is 0 Å². The van der Waals surface area contributed by atoms with Gasteiger partial charge in [-0.25, -0.2) is 4.39 Å². The lowest BCUT2D eigenvalue weighted by Crippen LogP contribution is -1.86. The zero-order valence-electron chi connectivity index (χ0n) is 8.58. The van der Waals surface area contributed by atoms with Crippen molar-refractivity contribution < 1.29 is 13.9 Å². The summed E-state index contributed by atoms with van der Waals surface area (Å²) in [7, 11) is 0. The average molecular weight is 241 g/mol. The van der Waals surface area contributed by atoms with Gasteiger partial charge in [-0.2, -0.15) is 0 Å². The Hall–Kier alpha value is -1.32. The van der Waals surface area contributed by atoms with Gasteiger partial charge in [0.2, 0.25) is 0 Å². The van der Waals surface area contributed by atoms with E-state index in [0.29, 0.717) is 22.1 Å². The van der Waals surface area contributed by atoms with Gasteiger partial charge in [0.05, 0.1) is 5.56 Å². The number of hydrogen-bond donors (Lipinski definition) is 1. The van der Waals surface area contributed by atoms with Gasteiger partial charge in [-0.3, -0.25) is 0 Å². The molecule has 1 heterocycles. The van der Waals surface area contributed by atoms with Crippen LogP contribution in [-0.4, -0.2) is 5.11 Å². The van der Waals surface area contributed by atoms with Gasteiger partial charge in [0.25, 0.3) is 0 Å². The monoisotopic (exact) mass is 240 g/mol. The van der Waals surface area contributed by atoms with Gasteiger partial charge in [-0.15, -0.1) is 0 Å². The molecule has 4 heteroatoms. The van der Waals surface area contributed by atoms with E-state index in [0.717, 1.165) is 0 Å². The van der Waals surface area contributed by atoms with Crippen molar-refractivity contribution in [3.8, 4) is 11.3 Å².